The molecular formula is C14H19NO3S. The molecule has 104 valence electrons. The first-order chi connectivity index (χ1) is 9.03. The third-order valence-corrected chi connectivity index (χ3v) is 4.98. The number of carbonyl (C=O) groups excluding carboxylic acids is 1. The van der Waals surface area contributed by atoms with Gasteiger partial charge in [0, 0.05) is 22.2 Å². The van der Waals surface area contributed by atoms with E-state index >= 15 is 0 Å². The first kappa shape index (κ1) is 14.2. The number of aryl methyl sites for hydroxylation is 1. The van der Waals surface area contributed by atoms with Crippen LogP contribution in [0.2, 0.25) is 0 Å². The molecule has 0 bridgehead atoms. The fraction of sp³-hybridized carbons (Fsp3) is 0.571. The molecule has 1 heterocycles. The summed E-state index contributed by atoms with van der Waals surface area (Å²) in [5.41, 5.74) is 1.71. The van der Waals surface area contributed by atoms with Gasteiger partial charge in [-0.2, -0.15) is 0 Å². The molecule has 0 saturated heterocycles. The van der Waals surface area contributed by atoms with Gasteiger partial charge in [-0.05, 0) is 37.3 Å². The number of esters is 1. The SMILES string of the molecule is COC(=O)CC1(CS(=O)Cc2cccc(C)n2)CC1. The van der Waals surface area contributed by atoms with Crippen LogP contribution < -0.4 is 0 Å². The van der Waals surface area contributed by atoms with Crippen molar-refractivity contribution in [1.82, 2.24) is 4.98 Å². The van der Waals surface area contributed by atoms with E-state index in [-0.39, 0.29) is 11.4 Å². The fourth-order valence-corrected chi connectivity index (χ4v) is 3.83. The highest BCUT2D eigenvalue weighted by Crippen LogP contribution is 2.49. The lowest BCUT2D eigenvalue weighted by Crippen LogP contribution is -2.18. The molecular weight excluding hydrogens is 262 g/mol. The van der Waals surface area contributed by atoms with Crippen molar-refractivity contribution in [2.45, 2.75) is 31.9 Å². The van der Waals surface area contributed by atoms with Crippen molar-refractivity contribution < 1.29 is 13.7 Å². The van der Waals surface area contributed by atoms with Gasteiger partial charge in [-0.25, -0.2) is 0 Å². The fourth-order valence-electron chi connectivity index (χ4n) is 2.16. The van der Waals surface area contributed by atoms with Gasteiger partial charge in [0.25, 0.3) is 0 Å². The number of nitrogens with zero attached hydrogens (tertiary/aromatic N) is 1. The van der Waals surface area contributed by atoms with Crippen LogP contribution in [0, 0.1) is 12.3 Å². The molecule has 0 spiro atoms. The standard InChI is InChI=1S/C14H19NO3S/c1-11-4-3-5-12(15-11)9-19(17)10-14(6-7-14)8-13(16)18-2/h3-5H,6-10H2,1-2H3. The zero-order valence-corrected chi connectivity index (χ0v) is 12.2. The largest absolute Gasteiger partial charge is 0.469 e. The minimum Gasteiger partial charge on any atom is -0.469 e. The van der Waals surface area contributed by atoms with E-state index in [2.05, 4.69) is 4.98 Å². The van der Waals surface area contributed by atoms with Crippen LogP contribution in [0.1, 0.15) is 30.7 Å². The molecule has 1 aromatic rings. The average Bonchev–Trinajstić information content (AvgIpc) is 3.08. The van der Waals surface area contributed by atoms with Gasteiger partial charge >= 0.3 is 5.97 Å². The molecule has 0 aromatic carbocycles. The molecule has 1 aliphatic rings. The van der Waals surface area contributed by atoms with E-state index in [4.69, 9.17) is 4.74 Å². The zero-order valence-electron chi connectivity index (χ0n) is 11.3. The molecule has 5 heteroatoms. The van der Waals surface area contributed by atoms with E-state index in [0.717, 1.165) is 24.2 Å². The van der Waals surface area contributed by atoms with Crippen molar-refractivity contribution in [2.75, 3.05) is 12.9 Å². The molecule has 0 radical (unpaired) electrons. The Morgan fingerprint density at radius 2 is 2.21 bits per heavy atom. The summed E-state index contributed by atoms with van der Waals surface area (Å²) >= 11 is 0. The third kappa shape index (κ3) is 4.13. The summed E-state index contributed by atoms with van der Waals surface area (Å²) < 4.78 is 16.9. The second-order valence-electron chi connectivity index (χ2n) is 5.25. The summed E-state index contributed by atoms with van der Waals surface area (Å²) in [6.07, 6.45) is 2.32. The van der Waals surface area contributed by atoms with E-state index in [9.17, 15) is 9.00 Å². The Morgan fingerprint density at radius 3 is 2.79 bits per heavy atom. The molecule has 4 nitrogen and oxygen atoms in total. The number of ether oxygens (including phenoxy) is 1. The number of hydrogen-bond donors (Lipinski definition) is 0. The molecule has 0 N–H and O–H groups in total. The van der Waals surface area contributed by atoms with Gasteiger partial charge in [-0.1, -0.05) is 6.07 Å². The monoisotopic (exact) mass is 281 g/mol. The Hall–Kier alpha value is -1.23. The Morgan fingerprint density at radius 1 is 1.47 bits per heavy atom. The lowest BCUT2D eigenvalue weighted by molar-refractivity contribution is -0.141. The average molecular weight is 281 g/mol. The predicted octanol–water partition coefficient (Wildman–Crippen LogP) is 1.98. The molecule has 1 atom stereocenters. The van der Waals surface area contributed by atoms with Crippen LogP contribution in [0.15, 0.2) is 18.2 Å². The summed E-state index contributed by atoms with van der Waals surface area (Å²) in [5, 5.41) is 0. The number of carbonyl (C=O) groups is 1. The second kappa shape index (κ2) is 5.82. The molecule has 1 unspecified atom stereocenters. The van der Waals surface area contributed by atoms with Crippen molar-refractivity contribution in [3.8, 4) is 0 Å². The first-order valence-electron chi connectivity index (χ1n) is 6.37. The van der Waals surface area contributed by atoms with Gasteiger partial charge in [0.2, 0.25) is 0 Å². The first-order valence-corrected chi connectivity index (χ1v) is 7.86. The summed E-state index contributed by atoms with van der Waals surface area (Å²) in [6, 6.07) is 5.74. The van der Waals surface area contributed by atoms with E-state index in [1.807, 2.05) is 25.1 Å². The van der Waals surface area contributed by atoms with Gasteiger partial charge in [0.15, 0.2) is 0 Å². The molecule has 1 saturated carbocycles. The normalized spacial score (nSPS) is 17.8. The molecule has 19 heavy (non-hydrogen) atoms. The van der Waals surface area contributed by atoms with Gasteiger partial charge in [0.1, 0.15) is 0 Å². The third-order valence-electron chi connectivity index (χ3n) is 3.43. The van der Waals surface area contributed by atoms with Crippen LogP contribution in [0.5, 0.6) is 0 Å². The maximum Gasteiger partial charge on any atom is 0.306 e. The van der Waals surface area contributed by atoms with Gasteiger partial charge < -0.3 is 4.74 Å². The van der Waals surface area contributed by atoms with Gasteiger partial charge in [-0.3, -0.25) is 14.0 Å². The van der Waals surface area contributed by atoms with Crippen LogP contribution >= 0.6 is 0 Å². The summed E-state index contributed by atoms with van der Waals surface area (Å²) in [7, 11) is 0.420. The van der Waals surface area contributed by atoms with Crippen molar-refractivity contribution in [3.63, 3.8) is 0 Å². The molecule has 0 amide bonds. The lowest BCUT2D eigenvalue weighted by Gasteiger charge is -2.13. The Bertz CT molecular complexity index is 497. The number of pyridine rings is 1. The van der Waals surface area contributed by atoms with Gasteiger partial charge in [0.05, 0.1) is 25.0 Å². The highest BCUT2D eigenvalue weighted by molar-refractivity contribution is 7.84. The number of rotatable bonds is 6. The molecule has 1 aromatic heterocycles. The van der Waals surface area contributed by atoms with Crippen LogP contribution in [-0.2, 0) is 26.1 Å². The summed E-state index contributed by atoms with van der Waals surface area (Å²) in [4.78, 5) is 15.7. The Labute approximate surface area is 116 Å². The summed E-state index contributed by atoms with van der Waals surface area (Å²) in [5.74, 6) is 0.825. The molecule has 1 aliphatic carbocycles. The Balaban J connectivity index is 1.89. The maximum absolute atomic E-state index is 12.2. The number of aromatic nitrogens is 1. The van der Waals surface area contributed by atoms with Crippen LogP contribution in [-0.4, -0.2) is 28.0 Å². The minimum atomic E-state index is -0.975. The van der Waals surface area contributed by atoms with Crippen LogP contribution in [0.4, 0.5) is 0 Å². The van der Waals surface area contributed by atoms with Crippen LogP contribution in [0.25, 0.3) is 0 Å². The quantitative estimate of drug-likeness (QED) is 0.748. The smallest absolute Gasteiger partial charge is 0.306 e. The van der Waals surface area contributed by atoms with Crippen molar-refractivity contribution in [3.05, 3.63) is 29.6 Å². The molecule has 1 fully saturated rings. The van der Waals surface area contributed by atoms with Crippen molar-refractivity contribution in [2.24, 2.45) is 5.41 Å². The second-order valence-corrected chi connectivity index (χ2v) is 6.71. The molecule has 2 rings (SSSR count). The lowest BCUT2D eigenvalue weighted by atomic mass is 10.1. The number of hydrogen-bond acceptors (Lipinski definition) is 4. The Kier molecular flexibility index (Phi) is 4.34. The zero-order chi connectivity index (χ0) is 13.9. The van der Waals surface area contributed by atoms with Crippen molar-refractivity contribution >= 4 is 16.8 Å². The maximum atomic E-state index is 12.2. The van der Waals surface area contributed by atoms with Crippen molar-refractivity contribution in [1.29, 1.82) is 0 Å². The number of methoxy groups -OCH3 is 1. The van der Waals surface area contributed by atoms with E-state index in [0.29, 0.717) is 17.9 Å². The highest BCUT2D eigenvalue weighted by Gasteiger charge is 2.45. The molecule has 0 aliphatic heterocycles. The van der Waals surface area contributed by atoms with Gasteiger partial charge in [-0.15, -0.1) is 0 Å². The van der Waals surface area contributed by atoms with E-state index in [1.165, 1.54) is 7.11 Å². The van der Waals surface area contributed by atoms with Crippen LogP contribution in [0.3, 0.4) is 0 Å². The highest BCUT2D eigenvalue weighted by atomic mass is 32.2. The summed E-state index contributed by atoms with van der Waals surface area (Å²) in [6.45, 7) is 1.92. The predicted molar refractivity (Wildman–Crippen MR) is 74.0 cm³/mol. The minimum absolute atomic E-state index is 0.0816. The van der Waals surface area contributed by atoms with E-state index in [1.54, 1.807) is 0 Å². The van der Waals surface area contributed by atoms with E-state index < -0.39 is 10.8 Å². The topological polar surface area (TPSA) is 56.3 Å².